The zero-order chi connectivity index (χ0) is 13.3. The van der Waals surface area contributed by atoms with Crippen molar-refractivity contribution < 1.29 is 0 Å². The van der Waals surface area contributed by atoms with Crippen molar-refractivity contribution in [2.24, 2.45) is 0 Å². The van der Waals surface area contributed by atoms with Gasteiger partial charge in [-0.05, 0) is 12.8 Å². The number of nitrogens with two attached hydrogens (primary N) is 1. The van der Waals surface area contributed by atoms with Gasteiger partial charge in [-0.3, -0.25) is 4.79 Å². The van der Waals surface area contributed by atoms with Crippen LogP contribution in [0.3, 0.4) is 0 Å². The number of anilines is 1. The van der Waals surface area contributed by atoms with Gasteiger partial charge in [-0.2, -0.15) is 0 Å². The van der Waals surface area contributed by atoms with Gasteiger partial charge in [0.15, 0.2) is 0 Å². The lowest BCUT2D eigenvalue weighted by atomic mass is 10.1. The maximum atomic E-state index is 12.0. The van der Waals surface area contributed by atoms with Crippen molar-refractivity contribution >= 4 is 5.82 Å². The van der Waals surface area contributed by atoms with Gasteiger partial charge in [0, 0.05) is 5.56 Å². The summed E-state index contributed by atoms with van der Waals surface area (Å²) in [6.07, 6.45) is 0. The molecule has 0 fully saturated rings. The highest BCUT2D eigenvalue weighted by atomic mass is 16.1. The molecule has 0 saturated carbocycles. The predicted octanol–water partition coefficient (Wildman–Crippen LogP) is 2.45. The van der Waals surface area contributed by atoms with E-state index in [1.165, 1.54) is 0 Å². The average molecular weight is 243 g/mol. The van der Waals surface area contributed by atoms with Crippen LogP contribution in [0.5, 0.6) is 0 Å². The number of aromatic amines is 1. The van der Waals surface area contributed by atoms with Crippen LogP contribution in [0.2, 0.25) is 0 Å². The van der Waals surface area contributed by atoms with Gasteiger partial charge < -0.3 is 10.7 Å². The average Bonchev–Trinajstić information content (AvgIpc) is 2.28. The molecule has 3 N–H and O–H groups in total. The van der Waals surface area contributed by atoms with E-state index in [9.17, 15) is 4.79 Å². The largest absolute Gasteiger partial charge is 0.383 e. The number of H-pyrrole nitrogens is 1. The van der Waals surface area contributed by atoms with Crippen LogP contribution in [0, 0.1) is 6.92 Å². The van der Waals surface area contributed by atoms with E-state index in [0.29, 0.717) is 17.2 Å². The van der Waals surface area contributed by atoms with Gasteiger partial charge in [0.2, 0.25) is 0 Å². The first-order chi connectivity index (χ1) is 8.49. The molecule has 2 rings (SSSR count). The molecule has 0 atom stereocenters. The number of rotatable bonds is 2. The zero-order valence-corrected chi connectivity index (χ0v) is 10.8. The van der Waals surface area contributed by atoms with Crippen molar-refractivity contribution in [1.29, 1.82) is 0 Å². The lowest BCUT2D eigenvalue weighted by Crippen LogP contribution is -2.19. The lowest BCUT2D eigenvalue weighted by Gasteiger charge is -2.09. The summed E-state index contributed by atoms with van der Waals surface area (Å²) in [6.45, 7) is 5.86. The molecule has 0 bridgehead atoms. The number of benzene rings is 1. The highest BCUT2D eigenvalue weighted by Gasteiger charge is 2.12. The summed E-state index contributed by atoms with van der Waals surface area (Å²) in [5.41, 5.74) is 8.27. The van der Waals surface area contributed by atoms with E-state index >= 15 is 0 Å². The fourth-order valence-electron chi connectivity index (χ4n) is 1.91. The molecule has 0 aliphatic heterocycles. The monoisotopic (exact) mass is 243 g/mol. The summed E-state index contributed by atoms with van der Waals surface area (Å²) in [6, 6.07) is 7.79. The van der Waals surface area contributed by atoms with E-state index < -0.39 is 0 Å². The fraction of sp³-hybridized carbons (Fsp3) is 0.286. The SMILES string of the molecule is Cc1ccc(-c2nc(N)c(C(C)C)c(=O)[nH]2)cc1. The molecule has 18 heavy (non-hydrogen) atoms. The fourth-order valence-corrected chi connectivity index (χ4v) is 1.91. The van der Waals surface area contributed by atoms with Gasteiger partial charge in [-0.25, -0.2) is 4.98 Å². The quantitative estimate of drug-likeness (QED) is 0.851. The van der Waals surface area contributed by atoms with Crippen molar-refractivity contribution in [3.63, 3.8) is 0 Å². The lowest BCUT2D eigenvalue weighted by molar-refractivity contribution is 0.837. The normalized spacial score (nSPS) is 10.9. The molecule has 0 saturated heterocycles. The second-order valence-electron chi connectivity index (χ2n) is 4.73. The van der Waals surface area contributed by atoms with Crippen LogP contribution in [-0.4, -0.2) is 9.97 Å². The minimum absolute atomic E-state index is 0.0633. The summed E-state index contributed by atoms with van der Waals surface area (Å²) < 4.78 is 0. The zero-order valence-electron chi connectivity index (χ0n) is 10.8. The topological polar surface area (TPSA) is 71.8 Å². The van der Waals surface area contributed by atoms with E-state index in [4.69, 9.17) is 5.73 Å². The van der Waals surface area contributed by atoms with Gasteiger partial charge >= 0.3 is 0 Å². The van der Waals surface area contributed by atoms with E-state index in [0.717, 1.165) is 11.1 Å². The first-order valence-electron chi connectivity index (χ1n) is 5.95. The molecule has 0 spiro atoms. The number of hydrogen-bond acceptors (Lipinski definition) is 3. The number of nitrogen functional groups attached to an aromatic ring is 1. The minimum atomic E-state index is -0.159. The van der Waals surface area contributed by atoms with Crippen LogP contribution in [0.25, 0.3) is 11.4 Å². The summed E-state index contributed by atoms with van der Waals surface area (Å²) in [4.78, 5) is 19.0. The molecule has 1 aromatic heterocycles. The minimum Gasteiger partial charge on any atom is -0.383 e. The Bertz CT molecular complexity index is 612. The van der Waals surface area contributed by atoms with Crippen LogP contribution in [0.1, 0.15) is 30.9 Å². The van der Waals surface area contributed by atoms with Gasteiger partial charge in [-0.1, -0.05) is 43.7 Å². The third kappa shape index (κ3) is 2.27. The Morgan fingerprint density at radius 3 is 2.33 bits per heavy atom. The van der Waals surface area contributed by atoms with Crippen molar-refractivity contribution in [2.75, 3.05) is 5.73 Å². The van der Waals surface area contributed by atoms with Crippen molar-refractivity contribution in [2.45, 2.75) is 26.7 Å². The Labute approximate surface area is 106 Å². The van der Waals surface area contributed by atoms with Crippen LogP contribution in [0.15, 0.2) is 29.1 Å². The number of aromatic nitrogens is 2. The number of nitrogens with one attached hydrogen (secondary N) is 1. The van der Waals surface area contributed by atoms with Crippen LogP contribution in [0.4, 0.5) is 5.82 Å². The van der Waals surface area contributed by atoms with Gasteiger partial charge in [0.25, 0.3) is 5.56 Å². The summed E-state index contributed by atoms with van der Waals surface area (Å²) in [5, 5.41) is 0. The van der Waals surface area contributed by atoms with E-state index in [1.54, 1.807) is 0 Å². The molecule has 0 radical (unpaired) electrons. The Balaban J connectivity index is 2.55. The summed E-state index contributed by atoms with van der Waals surface area (Å²) in [7, 11) is 0. The highest BCUT2D eigenvalue weighted by Crippen LogP contribution is 2.19. The van der Waals surface area contributed by atoms with Gasteiger partial charge in [-0.15, -0.1) is 0 Å². The maximum absolute atomic E-state index is 12.0. The summed E-state index contributed by atoms with van der Waals surface area (Å²) >= 11 is 0. The van der Waals surface area contributed by atoms with Crippen molar-refractivity contribution in [3.05, 3.63) is 45.7 Å². The van der Waals surface area contributed by atoms with E-state index in [2.05, 4.69) is 9.97 Å². The second kappa shape index (κ2) is 4.64. The molecule has 0 aliphatic rings. The predicted molar refractivity (Wildman–Crippen MR) is 73.5 cm³/mol. The Kier molecular flexibility index (Phi) is 3.19. The Hall–Kier alpha value is -2.10. The second-order valence-corrected chi connectivity index (χ2v) is 4.73. The van der Waals surface area contributed by atoms with E-state index in [1.807, 2.05) is 45.0 Å². The summed E-state index contributed by atoms with van der Waals surface area (Å²) in [5.74, 6) is 0.888. The van der Waals surface area contributed by atoms with Crippen molar-refractivity contribution in [1.82, 2.24) is 9.97 Å². The molecular formula is C14H17N3O. The molecule has 1 heterocycles. The first kappa shape index (κ1) is 12.4. The number of hydrogen-bond donors (Lipinski definition) is 2. The number of nitrogens with zero attached hydrogens (tertiary/aromatic N) is 1. The molecule has 0 amide bonds. The van der Waals surface area contributed by atoms with Crippen LogP contribution < -0.4 is 11.3 Å². The molecule has 1 aromatic carbocycles. The maximum Gasteiger partial charge on any atom is 0.256 e. The third-order valence-corrected chi connectivity index (χ3v) is 2.89. The standard InChI is InChI=1S/C14H17N3O/c1-8(2)11-12(15)16-13(17-14(11)18)10-6-4-9(3)5-7-10/h4-8H,1-3H3,(H3,15,16,17,18). The molecule has 94 valence electrons. The Morgan fingerprint density at radius 2 is 1.83 bits per heavy atom. The van der Waals surface area contributed by atoms with Crippen molar-refractivity contribution in [3.8, 4) is 11.4 Å². The van der Waals surface area contributed by atoms with E-state index in [-0.39, 0.29) is 11.5 Å². The molecule has 0 unspecified atom stereocenters. The molecular weight excluding hydrogens is 226 g/mol. The molecule has 4 nitrogen and oxygen atoms in total. The van der Waals surface area contributed by atoms with Gasteiger partial charge in [0.05, 0.1) is 5.56 Å². The smallest absolute Gasteiger partial charge is 0.256 e. The van der Waals surface area contributed by atoms with Crippen LogP contribution in [-0.2, 0) is 0 Å². The molecule has 4 heteroatoms. The third-order valence-electron chi connectivity index (χ3n) is 2.89. The van der Waals surface area contributed by atoms with Gasteiger partial charge in [0.1, 0.15) is 11.6 Å². The molecule has 2 aromatic rings. The Morgan fingerprint density at radius 1 is 1.22 bits per heavy atom. The number of aryl methyl sites for hydroxylation is 1. The first-order valence-corrected chi connectivity index (χ1v) is 5.95. The highest BCUT2D eigenvalue weighted by molar-refractivity contribution is 5.58. The molecule has 0 aliphatic carbocycles. The van der Waals surface area contributed by atoms with Crippen LogP contribution >= 0.6 is 0 Å².